The number of carbonyl (C=O) groups is 1. The van der Waals surface area contributed by atoms with E-state index in [4.69, 9.17) is 9.47 Å². The van der Waals surface area contributed by atoms with Crippen molar-refractivity contribution in [2.75, 3.05) is 19.1 Å². The van der Waals surface area contributed by atoms with Crippen molar-refractivity contribution in [2.24, 2.45) is 0 Å². The van der Waals surface area contributed by atoms with E-state index in [0.29, 0.717) is 30.9 Å². The van der Waals surface area contributed by atoms with Crippen molar-refractivity contribution in [3.05, 3.63) is 89.5 Å². The van der Waals surface area contributed by atoms with E-state index in [1.54, 1.807) is 14.2 Å². The monoisotopic (exact) mass is 389 g/mol. The first kappa shape index (κ1) is 20.5. The number of nitrogens with zero attached hydrogens (tertiary/aromatic N) is 1. The molecular formula is C25H27NO3. The molecule has 0 spiro atoms. The van der Waals surface area contributed by atoms with Gasteiger partial charge in [0.2, 0.25) is 5.91 Å². The molecule has 0 aromatic heterocycles. The number of ether oxygens (including phenoxy) is 2. The molecule has 0 bridgehead atoms. The molecule has 0 aliphatic heterocycles. The molecule has 0 aliphatic carbocycles. The van der Waals surface area contributed by atoms with E-state index in [1.807, 2.05) is 84.6 Å². The third-order valence-corrected chi connectivity index (χ3v) is 4.91. The SMILES string of the molecule is COc1ccc(CCC(=O)N(Cc2ccccc2)c2ccc(C)cc2)cc1OC. The van der Waals surface area contributed by atoms with Gasteiger partial charge in [-0.15, -0.1) is 0 Å². The average Bonchev–Trinajstić information content (AvgIpc) is 2.77. The zero-order valence-electron chi connectivity index (χ0n) is 17.2. The number of methoxy groups -OCH3 is 2. The van der Waals surface area contributed by atoms with Gasteiger partial charge >= 0.3 is 0 Å². The van der Waals surface area contributed by atoms with Gasteiger partial charge in [0.15, 0.2) is 11.5 Å². The first-order valence-electron chi connectivity index (χ1n) is 9.72. The Bertz CT molecular complexity index is 936. The third-order valence-electron chi connectivity index (χ3n) is 4.91. The Balaban J connectivity index is 1.76. The average molecular weight is 389 g/mol. The van der Waals surface area contributed by atoms with Crippen LogP contribution in [0.2, 0.25) is 0 Å². The van der Waals surface area contributed by atoms with Crippen molar-refractivity contribution < 1.29 is 14.3 Å². The molecule has 0 atom stereocenters. The highest BCUT2D eigenvalue weighted by molar-refractivity contribution is 5.93. The maximum atomic E-state index is 13.2. The fraction of sp³-hybridized carbons (Fsp3) is 0.240. The minimum absolute atomic E-state index is 0.0903. The summed E-state index contributed by atoms with van der Waals surface area (Å²) in [5, 5.41) is 0. The summed E-state index contributed by atoms with van der Waals surface area (Å²) in [5.41, 5.74) is 4.23. The van der Waals surface area contributed by atoms with Gasteiger partial charge < -0.3 is 14.4 Å². The molecular weight excluding hydrogens is 362 g/mol. The van der Waals surface area contributed by atoms with Gasteiger partial charge in [0.05, 0.1) is 20.8 Å². The van der Waals surface area contributed by atoms with Crippen LogP contribution in [-0.4, -0.2) is 20.1 Å². The molecule has 150 valence electrons. The summed E-state index contributed by atoms with van der Waals surface area (Å²) < 4.78 is 10.7. The normalized spacial score (nSPS) is 10.4. The summed E-state index contributed by atoms with van der Waals surface area (Å²) in [5.74, 6) is 1.46. The molecule has 0 unspecified atom stereocenters. The number of carbonyl (C=O) groups excluding carboxylic acids is 1. The van der Waals surface area contributed by atoms with Crippen LogP contribution in [0.15, 0.2) is 72.8 Å². The molecule has 3 aromatic rings. The Morgan fingerprint density at radius 2 is 1.52 bits per heavy atom. The molecule has 0 N–H and O–H groups in total. The van der Waals surface area contributed by atoms with Crippen LogP contribution in [0.4, 0.5) is 5.69 Å². The van der Waals surface area contributed by atoms with Gasteiger partial charge in [0, 0.05) is 12.1 Å². The molecule has 0 aliphatic rings. The van der Waals surface area contributed by atoms with E-state index in [-0.39, 0.29) is 5.91 Å². The fourth-order valence-electron chi connectivity index (χ4n) is 3.24. The molecule has 4 nitrogen and oxygen atoms in total. The zero-order chi connectivity index (χ0) is 20.6. The molecule has 1 amide bonds. The fourth-order valence-corrected chi connectivity index (χ4v) is 3.24. The van der Waals surface area contributed by atoms with Crippen LogP contribution in [0.3, 0.4) is 0 Å². The second kappa shape index (κ2) is 9.78. The molecule has 29 heavy (non-hydrogen) atoms. The van der Waals surface area contributed by atoms with Crippen LogP contribution >= 0.6 is 0 Å². The predicted octanol–water partition coefficient (Wildman–Crippen LogP) is 5.18. The highest BCUT2D eigenvalue weighted by atomic mass is 16.5. The van der Waals surface area contributed by atoms with E-state index in [2.05, 4.69) is 0 Å². The highest BCUT2D eigenvalue weighted by Crippen LogP contribution is 2.28. The van der Waals surface area contributed by atoms with Crippen molar-refractivity contribution in [1.82, 2.24) is 0 Å². The number of hydrogen-bond donors (Lipinski definition) is 0. The van der Waals surface area contributed by atoms with Crippen molar-refractivity contribution in [1.29, 1.82) is 0 Å². The predicted molar refractivity (Wildman–Crippen MR) is 117 cm³/mol. The van der Waals surface area contributed by atoms with E-state index >= 15 is 0 Å². The largest absolute Gasteiger partial charge is 0.493 e. The van der Waals surface area contributed by atoms with Gasteiger partial charge in [-0.25, -0.2) is 0 Å². The molecule has 0 fully saturated rings. The lowest BCUT2D eigenvalue weighted by Crippen LogP contribution is -2.30. The van der Waals surface area contributed by atoms with E-state index in [1.165, 1.54) is 5.56 Å². The first-order valence-corrected chi connectivity index (χ1v) is 9.72. The highest BCUT2D eigenvalue weighted by Gasteiger charge is 2.17. The van der Waals surface area contributed by atoms with E-state index in [0.717, 1.165) is 16.8 Å². The molecule has 4 heteroatoms. The molecule has 0 heterocycles. The third kappa shape index (κ3) is 5.38. The van der Waals surface area contributed by atoms with Gasteiger partial charge in [-0.1, -0.05) is 54.1 Å². The maximum Gasteiger partial charge on any atom is 0.227 e. The van der Waals surface area contributed by atoms with Gasteiger partial charge in [-0.05, 0) is 48.7 Å². The lowest BCUT2D eigenvalue weighted by molar-refractivity contribution is -0.118. The van der Waals surface area contributed by atoms with Crippen LogP contribution in [0.1, 0.15) is 23.1 Å². The van der Waals surface area contributed by atoms with Crippen LogP contribution in [0, 0.1) is 6.92 Å². The Kier molecular flexibility index (Phi) is 6.90. The standard InChI is InChI=1S/C25H27NO3/c1-19-9-13-22(14-10-19)26(18-21-7-5-4-6-8-21)25(27)16-12-20-11-15-23(28-2)24(17-20)29-3/h4-11,13-15,17H,12,16,18H2,1-3H3. The van der Waals surface area contributed by atoms with Crippen LogP contribution in [0.25, 0.3) is 0 Å². The Morgan fingerprint density at radius 1 is 0.828 bits per heavy atom. The summed E-state index contributed by atoms with van der Waals surface area (Å²) in [6.45, 7) is 2.60. The van der Waals surface area contributed by atoms with Gasteiger partial charge in [-0.2, -0.15) is 0 Å². The lowest BCUT2D eigenvalue weighted by Gasteiger charge is -2.23. The Labute approximate surface area is 172 Å². The molecule has 0 radical (unpaired) electrons. The van der Waals surface area contributed by atoms with Gasteiger partial charge in [-0.3, -0.25) is 4.79 Å². The number of benzene rings is 3. The lowest BCUT2D eigenvalue weighted by atomic mass is 10.1. The quantitative estimate of drug-likeness (QED) is 0.533. The minimum atomic E-state index is 0.0903. The molecule has 0 saturated heterocycles. The van der Waals surface area contributed by atoms with Crippen LogP contribution in [0.5, 0.6) is 11.5 Å². The summed E-state index contributed by atoms with van der Waals surface area (Å²) in [7, 11) is 3.23. The summed E-state index contributed by atoms with van der Waals surface area (Å²) in [4.78, 5) is 15.0. The second-order valence-electron chi connectivity index (χ2n) is 6.99. The van der Waals surface area contributed by atoms with Crippen LogP contribution in [-0.2, 0) is 17.8 Å². The smallest absolute Gasteiger partial charge is 0.227 e. The Morgan fingerprint density at radius 3 is 2.17 bits per heavy atom. The van der Waals surface area contributed by atoms with Crippen LogP contribution < -0.4 is 14.4 Å². The molecule has 3 aromatic carbocycles. The van der Waals surface area contributed by atoms with Crippen molar-refractivity contribution in [2.45, 2.75) is 26.3 Å². The van der Waals surface area contributed by atoms with Crippen molar-refractivity contribution in [3.8, 4) is 11.5 Å². The second-order valence-corrected chi connectivity index (χ2v) is 6.99. The number of rotatable bonds is 8. The van der Waals surface area contributed by atoms with Crippen molar-refractivity contribution in [3.63, 3.8) is 0 Å². The summed E-state index contributed by atoms with van der Waals surface area (Å²) in [6.07, 6.45) is 1.05. The van der Waals surface area contributed by atoms with Gasteiger partial charge in [0.25, 0.3) is 0 Å². The van der Waals surface area contributed by atoms with Gasteiger partial charge in [0.1, 0.15) is 0 Å². The Hall–Kier alpha value is -3.27. The number of amides is 1. The van der Waals surface area contributed by atoms with Crippen molar-refractivity contribution >= 4 is 11.6 Å². The number of anilines is 1. The molecule has 3 rings (SSSR count). The number of hydrogen-bond acceptors (Lipinski definition) is 3. The van der Waals surface area contributed by atoms with E-state index in [9.17, 15) is 4.79 Å². The summed E-state index contributed by atoms with van der Waals surface area (Å²) >= 11 is 0. The maximum absolute atomic E-state index is 13.2. The zero-order valence-corrected chi connectivity index (χ0v) is 17.2. The minimum Gasteiger partial charge on any atom is -0.493 e. The van der Waals surface area contributed by atoms with E-state index < -0.39 is 0 Å². The topological polar surface area (TPSA) is 38.8 Å². The first-order chi connectivity index (χ1) is 14.1. The molecule has 0 saturated carbocycles. The number of aryl methyl sites for hydroxylation is 2. The summed E-state index contributed by atoms with van der Waals surface area (Å²) in [6, 6.07) is 23.9.